The van der Waals surface area contributed by atoms with Crippen molar-refractivity contribution in [2.75, 3.05) is 20.1 Å². The van der Waals surface area contributed by atoms with Gasteiger partial charge >= 0.3 is 0 Å². The maximum absolute atomic E-state index is 3.72. The van der Waals surface area contributed by atoms with Gasteiger partial charge in [0.25, 0.3) is 0 Å². The van der Waals surface area contributed by atoms with Gasteiger partial charge in [0.05, 0.1) is 0 Å². The van der Waals surface area contributed by atoms with Crippen LogP contribution in [-0.4, -0.2) is 31.1 Å². The fourth-order valence-corrected chi connectivity index (χ4v) is 3.93. The standard InChI is InChI=1S/C18H29BrN2/c1-3-20-18-12-6-4-5-10-16(18)14-21(2)13-15-9-7-8-11-17(15)19/h7-9,11,16,18,20H,3-6,10,12-14H2,1-2H3. The van der Waals surface area contributed by atoms with Crippen LogP contribution in [-0.2, 0) is 6.54 Å². The summed E-state index contributed by atoms with van der Waals surface area (Å²) < 4.78 is 1.22. The zero-order valence-corrected chi connectivity index (χ0v) is 15.0. The molecule has 1 aromatic rings. The van der Waals surface area contributed by atoms with Gasteiger partial charge in [-0.3, -0.25) is 0 Å². The third kappa shape index (κ3) is 5.39. The number of rotatable bonds is 6. The van der Waals surface area contributed by atoms with E-state index in [1.165, 1.54) is 48.7 Å². The lowest BCUT2D eigenvalue weighted by Gasteiger charge is -2.30. The van der Waals surface area contributed by atoms with E-state index in [0.717, 1.165) is 19.0 Å². The van der Waals surface area contributed by atoms with E-state index in [1.807, 2.05) is 0 Å². The van der Waals surface area contributed by atoms with Crippen LogP contribution >= 0.6 is 15.9 Å². The summed E-state index contributed by atoms with van der Waals surface area (Å²) in [5, 5.41) is 3.72. The Morgan fingerprint density at radius 1 is 1.19 bits per heavy atom. The molecule has 0 aliphatic heterocycles. The monoisotopic (exact) mass is 352 g/mol. The van der Waals surface area contributed by atoms with Crippen LogP contribution in [0.15, 0.2) is 28.7 Å². The van der Waals surface area contributed by atoms with Gasteiger partial charge in [-0.25, -0.2) is 0 Å². The highest BCUT2D eigenvalue weighted by Gasteiger charge is 2.24. The van der Waals surface area contributed by atoms with E-state index in [9.17, 15) is 0 Å². The first-order valence-electron chi connectivity index (χ1n) is 8.36. The Labute approximate surface area is 138 Å². The van der Waals surface area contributed by atoms with Crippen LogP contribution in [0.3, 0.4) is 0 Å². The molecule has 2 nitrogen and oxygen atoms in total. The maximum Gasteiger partial charge on any atom is 0.0242 e. The van der Waals surface area contributed by atoms with Crippen molar-refractivity contribution < 1.29 is 0 Å². The number of hydrogen-bond donors (Lipinski definition) is 1. The fourth-order valence-electron chi connectivity index (χ4n) is 3.52. The third-order valence-electron chi connectivity index (χ3n) is 4.57. The molecule has 2 atom stereocenters. The van der Waals surface area contributed by atoms with Crippen LogP contribution in [0.5, 0.6) is 0 Å². The van der Waals surface area contributed by atoms with Gasteiger partial charge in [0, 0.05) is 23.6 Å². The molecular weight excluding hydrogens is 324 g/mol. The Morgan fingerprint density at radius 2 is 1.95 bits per heavy atom. The predicted octanol–water partition coefficient (Wildman–Crippen LogP) is 4.44. The van der Waals surface area contributed by atoms with Gasteiger partial charge < -0.3 is 10.2 Å². The molecule has 0 aromatic heterocycles. The van der Waals surface area contributed by atoms with Crippen LogP contribution in [0.25, 0.3) is 0 Å². The van der Waals surface area contributed by atoms with Crippen LogP contribution in [0.1, 0.15) is 44.6 Å². The Kier molecular flexibility index (Phi) is 7.21. The summed E-state index contributed by atoms with van der Waals surface area (Å²) in [7, 11) is 2.26. The van der Waals surface area contributed by atoms with Crippen molar-refractivity contribution in [1.82, 2.24) is 10.2 Å². The van der Waals surface area contributed by atoms with Crippen LogP contribution in [0.4, 0.5) is 0 Å². The van der Waals surface area contributed by atoms with Crippen molar-refractivity contribution in [2.45, 2.75) is 51.6 Å². The Balaban J connectivity index is 1.93. The molecule has 0 amide bonds. The summed E-state index contributed by atoms with van der Waals surface area (Å²) in [5.74, 6) is 0.792. The molecule has 0 heterocycles. The summed E-state index contributed by atoms with van der Waals surface area (Å²) in [6, 6.07) is 9.27. The highest BCUT2D eigenvalue weighted by Crippen LogP contribution is 2.25. The molecule has 118 valence electrons. The van der Waals surface area contributed by atoms with Crippen molar-refractivity contribution in [3.63, 3.8) is 0 Å². The molecule has 1 aliphatic rings. The Bertz CT molecular complexity index is 421. The lowest BCUT2D eigenvalue weighted by molar-refractivity contribution is 0.219. The van der Waals surface area contributed by atoms with E-state index in [2.05, 4.69) is 64.4 Å². The van der Waals surface area contributed by atoms with E-state index in [0.29, 0.717) is 6.04 Å². The van der Waals surface area contributed by atoms with Crippen molar-refractivity contribution in [2.24, 2.45) is 5.92 Å². The van der Waals surface area contributed by atoms with Crippen LogP contribution in [0.2, 0.25) is 0 Å². The third-order valence-corrected chi connectivity index (χ3v) is 5.34. The largest absolute Gasteiger partial charge is 0.314 e. The second-order valence-electron chi connectivity index (χ2n) is 6.35. The van der Waals surface area contributed by atoms with Gasteiger partial charge in [0.1, 0.15) is 0 Å². The SMILES string of the molecule is CCNC1CCCCCC1CN(C)Cc1ccccc1Br. The number of hydrogen-bond acceptors (Lipinski definition) is 2. The average Bonchev–Trinajstić information content (AvgIpc) is 2.68. The molecular formula is C18H29BrN2. The molecule has 0 saturated heterocycles. The number of halogens is 1. The first-order chi connectivity index (χ1) is 10.2. The van der Waals surface area contributed by atoms with Crippen molar-refractivity contribution >= 4 is 15.9 Å². The molecule has 0 radical (unpaired) electrons. The summed E-state index contributed by atoms with van der Waals surface area (Å²) in [6.07, 6.45) is 6.92. The first-order valence-corrected chi connectivity index (χ1v) is 9.15. The molecule has 2 rings (SSSR count). The topological polar surface area (TPSA) is 15.3 Å². The van der Waals surface area contributed by atoms with Gasteiger partial charge in [-0.15, -0.1) is 0 Å². The Hall–Kier alpha value is -0.380. The summed E-state index contributed by atoms with van der Waals surface area (Å²) in [6.45, 7) is 5.54. The van der Waals surface area contributed by atoms with Crippen molar-refractivity contribution in [1.29, 1.82) is 0 Å². The van der Waals surface area contributed by atoms with E-state index in [4.69, 9.17) is 0 Å². The molecule has 1 aromatic carbocycles. The van der Waals surface area contributed by atoms with Crippen LogP contribution < -0.4 is 5.32 Å². The maximum atomic E-state index is 3.72. The van der Waals surface area contributed by atoms with Crippen molar-refractivity contribution in [3.8, 4) is 0 Å². The van der Waals surface area contributed by atoms with Gasteiger partial charge in [-0.2, -0.15) is 0 Å². The summed E-state index contributed by atoms with van der Waals surface area (Å²) in [4.78, 5) is 2.49. The molecule has 2 unspecified atom stereocenters. The number of nitrogens with one attached hydrogen (secondary N) is 1. The lowest BCUT2D eigenvalue weighted by atomic mass is 9.94. The van der Waals surface area contributed by atoms with Gasteiger partial charge in [-0.1, -0.05) is 60.3 Å². The molecule has 21 heavy (non-hydrogen) atoms. The molecule has 3 heteroatoms. The molecule has 1 N–H and O–H groups in total. The van der Waals surface area contributed by atoms with Crippen molar-refractivity contribution in [3.05, 3.63) is 34.3 Å². The zero-order chi connectivity index (χ0) is 15.1. The molecule has 0 bridgehead atoms. The van der Waals surface area contributed by atoms with E-state index < -0.39 is 0 Å². The van der Waals surface area contributed by atoms with Gasteiger partial charge in [-0.05, 0) is 44.0 Å². The summed E-state index contributed by atoms with van der Waals surface area (Å²) >= 11 is 3.66. The smallest absolute Gasteiger partial charge is 0.0242 e. The van der Waals surface area contributed by atoms with E-state index in [1.54, 1.807) is 0 Å². The first kappa shape index (κ1) is 17.0. The minimum atomic E-state index is 0.708. The highest BCUT2D eigenvalue weighted by molar-refractivity contribution is 9.10. The fraction of sp³-hybridized carbons (Fsp3) is 0.667. The minimum absolute atomic E-state index is 0.708. The lowest BCUT2D eigenvalue weighted by Crippen LogP contribution is -2.40. The normalized spacial score (nSPS) is 23.2. The minimum Gasteiger partial charge on any atom is -0.314 e. The predicted molar refractivity (Wildman–Crippen MR) is 94.5 cm³/mol. The van der Waals surface area contributed by atoms with Gasteiger partial charge in [0.15, 0.2) is 0 Å². The second-order valence-corrected chi connectivity index (χ2v) is 7.20. The molecule has 0 spiro atoms. The number of benzene rings is 1. The number of nitrogens with zero attached hydrogens (tertiary/aromatic N) is 1. The van der Waals surface area contributed by atoms with E-state index >= 15 is 0 Å². The summed E-state index contributed by atoms with van der Waals surface area (Å²) in [5.41, 5.74) is 1.38. The second kappa shape index (κ2) is 8.92. The molecule has 1 fully saturated rings. The quantitative estimate of drug-likeness (QED) is 0.761. The van der Waals surface area contributed by atoms with E-state index in [-0.39, 0.29) is 0 Å². The highest BCUT2D eigenvalue weighted by atomic mass is 79.9. The molecule has 1 aliphatic carbocycles. The Morgan fingerprint density at radius 3 is 2.71 bits per heavy atom. The molecule has 1 saturated carbocycles. The van der Waals surface area contributed by atoms with Gasteiger partial charge in [0.2, 0.25) is 0 Å². The van der Waals surface area contributed by atoms with Crippen LogP contribution in [0, 0.1) is 5.92 Å². The zero-order valence-electron chi connectivity index (χ0n) is 13.4. The average molecular weight is 353 g/mol.